The van der Waals surface area contributed by atoms with Gasteiger partial charge in [-0.15, -0.1) is 0 Å². The van der Waals surface area contributed by atoms with Crippen LogP contribution in [-0.4, -0.2) is 70.3 Å². The highest BCUT2D eigenvalue weighted by atomic mass is 16.5. The van der Waals surface area contributed by atoms with Crippen molar-refractivity contribution >= 4 is 23.5 Å². The molecule has 0 spiro atoms. The molecule has 1 N–H and O–H groups in total. The summed E-state index contributed by atoms with van der Waals surface area (Å²) >= 11 is 0. The maximum atomic E-state index is 13.7. The number of rotatable bonds is 10. The van der Waals surface area contributed by atoms with Gasteiger partial charge in [-0.2, -0.15) is 0 Å². The topological polar surface area (TPSA) is 107 Å². The standard InChI is InChI=1S/C28H35N3O7/c1-35-22-11-9-18(15-24(22)37-3)13-14-29-26(32)17-30-21-8-6-5-7-20(21)27(33)31(28(30)34)19-10-12-23(36-2)25(16-19)38-4/h9-12,15-16,20-21H,5-8,13-14,17H2,1-4H3,(H,29,32). The number of carbonyl (C=O) groups is 3. The summed E-state index contributed by atoms with van der Waals surface area (Å²) in [6.45, 7) is 0.270. The van der Waals surface area contributed by atoms with Crippen molar-refractivity contribution in [3.05, 3.63) is 42.0 Å². The Morgan fingerprint density at radius 3 is 2.18 bits per heavy atom. The number of amides is 4. The highest BCUT2D eigenvalue weighted by molar-refractivity contribution is 6.17. The molecule has 2 aromatic carbocycles. The lowest BCUT2D eigenvalue weighted by Crippen LogP contribution is -2.64. The average molecular weight is 526 g/mol. The smallest absolute Gasteiger partial charge is 0.332 e. The highest BCUT2D eigenvalue weighted by Gasteiger charge is 2.48. The van der Waals surface area contributed by atoms with Crippen molar-refractivity contribution in [2.45, 2.75) is 38.1 Å². The molecule has 1 heterocycles. The van der Waals surface area contributed by atoms with Crippen molar-refractivity contribution in [1.82, 2.24) is 10.2 Å². The fourth-order valence-corrected chi connectivity index (χ4v) is 5.28. The van der Waals surface area contributed by atoms with E-state index in [1.54, 1.807) is 37.3 Å². The van der Waals surface area contributed by atoms with Gasteiger partial charge in [-0.1, -0.05) is 18.9 Å². The number of hydrogen-bond acceptors (Lipinski definition) is 7. The van der Waals surface area contributed by atoms with Crippen LogP contribution < -0.4 is 29.2 Å². The Hall–Kier alpha value is -3.95. The molecule has 2 aliphatic rings. The van der Waals surface area contributed by atoms with E-state index in [2.05, 4.69) is 5.32 Å². The minimum absolute atomic E-state index is 0.122. The van der Waals surface area contributed by atoms with Gasteiger partial charge < -0.3 is 29.2 Å². The van der Waals surface area contributed by atoms with Crippen LogP contribution >= 0.6 is 0 Å². The van der Waals surface area contributed by atoms with Gasteiger partial charge in [-0.3, -0.25) is 9.59 Å². The van der Waals surface area contributed by atoms with E-state index in [-0.39, 0.29) is 30.3 Å². The first kappa shape index (κ1) is 27.1. The molecule has 4 rings (SSSR count). The first-order chi connectivity index (χ1) is 18.4. The van der Waals surface area contributed by atoms with E-state index in [9.17, 15) is 14.4 Å². The number of fused-ring (bicyclic) bond motifs is 1. The molecule has 2 aromatic rings. The maximum Gasteiger partial charge on any atom is 0.332 e. The minimum Gasteiger partial charge on any atom is -0.493 e. The van der Waals surface area contributed by atoms with Gasteiger partial charge in [0.2, 0.25) is 11.8 Å². The van der Waals surface area contributed by atoms with Crippen LogP contribution in [-0.2, 0) is 16.0 Å². The molecule has 38 heavy (non-hydrogen) atoms. The number of benzene rings is 2. The zero-order valence-corrected chi connectivity index (χ0v) is 22.3. The molecule has 1 saturated heterocycles. The van der Waals surface area contributed by atoms with Crippen molar-refractivity contribution in [2.75, 3.05) is 46.4 Å². The van der Waals surface area contributed by atoms with Crippen LogP contribution in [0.4, 0.5) is 10.5 Å². The van der Waals surface area contributed by atoms with Crippen LogP contribution in [0.25, 0.3) is 0 Å². The van der Waals surface area contributed by atoms with Gasteiger partial charge in [-0.25, -0.2) is 9.69 Å². The molecule has 10 nitrogen and oxygen atoms in total. The largest absolute Gasteiger partial charge is 0.493 e. The molecule has 4 amide bonds. The summed E-state index contributed by atoms with van der Waals surface area (Å²) < 4.78 is 21.3. The third kappa shape index (κ3) is 5.49. The average Bonchev–Trinajstić information content (AvgIpc) is 2.95. The van der Waals surface area contributed by atoms with Crippen LogP contribution in [0.2, 0.25) is 0 Å². The number of methoxy groups -OCH3 is 4. The molecule has 204 valence electrons. The molecule has 1 aliphatic carbocycles. The second kappa shape index (κ2) is 12.1. The van der Waals surface area contributed by atoms with Crippen LogP contribution in [0.1, 0.15) is 31.2 Å². The van der Waals surface area contributed by atoms with Crippen molar-refractivity contribution in [2.24, 2.45) is 5.92 Å². The first-order valence-corrected chi connectivity index (χ1v) is 12.8. The van der Waals surface area contributed by atoms with E-state index in [0.29, 0.717) is 54.5 Å². The Kier molecular flexibility index (Phi) is 8.60. The second-order valence-electron chi connectivity index (χ2n) is 9.37. The van der Waals surface area contributed by atoms with Crippen molar-refractivity contribution in [3.63, 3.8) is 0 Å². The van der Waals surface area contributed by atoms with Gasteiger partial charge >= 0.3 is 6.03 Å². The number of hydrogen-bond donors (Lipinski definition) is 1. The summed E-state index contributed by atoms with van der Waals surface area (Å²) in [5.74, 6) is 1.30. The Balaban J connectivity index is 1.47. The first-order valence-electron chi connectivity index (χ1n) is 12.8. The normalized spacial score (nSPS) is 19.1. The number of ether oxygens (including phenoxy) is 4. The molecule has 10 heteroatoms. The molecule has 2 atom stereocenters. The third-order valence-corrected chi connectivity index (χ3v) is 7.23. The lowest BCUT2D eigenvalue weighted by molar-refractivity contribution is -0.129. The molecule has 1 saturated carbocycles. The number of imide groups is 1. The zero-order valence-electron chi connectivity index (χ0n) is 22.3. The van der Waals surface area contributed by atoms with E-state index in [4.69, 9.17) is 18.9 Å². The predicted octanol–water partition coefficient (Wildman–Crippen LogP) is 3.41. The summed E-state index contributed by atoms with van der Waals surface area (Å²) in [5, 5.41) is 2.91. The fraction of sp³-hybridized carbons (Fsp3) is 0.464. The van der Waals surface area contributed by atoms with Crippen molar-refractivity contribution < 1.29 is 33.3 Å². The van der Waals surface area contributed by atoms with E-state index < -0.39 is 6.03 Å². The van der Waals surface area contributed by atoms with Crippen LogP contribution in [0.5, 0.6) is 23.0 Å². The van der Waals surface area contributed by atoms with Crippen LogP contribution in [0.15, 0.2) is 36.4 Å². The Labute approximate surface area is 222 Å². The highest BCUT2D eigenvalue weighted by Crippen LogP contribution is 2.39. The van der Waals surface area contributed by atoms with E-state index >= 15 is 0 Å². The molecule has 2 unspecified atom stereocenters. The third-order valence-electron chi connectivity index (χ3n) is 7.23. The van der Waals surface area contributed by atoms with Crippen molar-refractivity contribution in [1.29, 1.82) is 0 Å². The quantitative estimate of drug-likeness (QED) is 0.507. The zero-order chi connectivity index (χ0) is 27.2. The summed E-state index contributed by atoms with van der Waals surface area (Å²) in [6.07, 6.45) is 3.78. The SMILES string of the molecule is COc1ccc(CCNC(=O)CN2C(=O)N(c3ccc(OC)c(OC)c3)C(=O)C3CCCCC32)cc1OC. The van der Waals surface area contributed by atoms with Gasteiger partial charge in [0.25, 0.3) is 0 Å². The second-order valence-corrected chi connectivity index (χ2v) is 9.37. The van der Waals surface area contributed by atoms with Gasteiger partial charge in [-0.05, 0) is 49.1 Å². The molecule has 1 aliphatic heterocycles. The lowest BCUT2D eigenvalue weighted by atomic mass is 9.81. The Morgan fingerprint density at radius 1 is 0.868 bits per heavy atom. The van der Waals surface area contributed by atoms with Gasteiger partial charge in [0.1, 0.15) is 6.54 Å². The summed E-state index contributed by atoms with van der Waals surface area (Å²) in [6, 6.07) is 9.75. The van der Waals surface area contributed by atoms with E-state index in [0.717, 1.165) is 18.4 Å². The summed E-state index contributed by atoms with van der Waals surface area (Å²) in [7, 11) is 6.17. The fourth-order valence-electron chi connectivity index (χ4n) is 5.28. The van der Waals surface area contributed by atoms with Gasteiger partial charge in [0.15, 0.2) is 23.0 Å². The predicted molar refractivity (Wildman–Crippen MR) is 141 cm³/mol. The Bertz CT molecular complexity index is 1190. The monoisotopic (exact) mass is 525 g/mol. The van der Waals surface area contributed by atoms with Gasteiger partial charge in [0.05, 0.1) is 40.0 Å². The minimum atomic E-state index is -0.500. The molecular formula is C28H35N3O7. The number of nitrogens with zero attached hydrogens (tertiary/aromatic N) is 2. The summed E-state index contributed by atoms with van der Waals surface area (Å²) in [5.41, 5.74) is 1.37. The molecular weight excluding hydrogens is 490 g/mol. The lowest BCUT2D eigenvalue weighted by Gasteiger charge is -2.46. The van der Waals surface area contributed by atoms with E-state index in [1.165, 1.54) is 19.1 Å². The van der Waals surface area contributed by atoms with Crippen LogP contribution in [0.3, 0.4) is 0 Å². The van der Waals surface area contributed by atoms with Gasteiger partial charge in [0, 0.05) is 18.7 Å². The molecule has 0 aromatic heterocycles. The number of nitrogens with one attached hydrogen (secondary N) is 1. The van der Waals surface area contributed by atoms with Crippen molar-refractivity contribution in [3.8, 4) is 23.0 Å². The molecule has 0 radical (unpaired) electrons. The Morgan fingerprint density at radius 2 is 1.50 bits per heavy atom. The maximum absolute atomic E-state index is 13.7. The number of urea groups is 1. The number of carbonyl (C=O) groups excluding carboxylic acids is 3. The van der Waals surface area contributed by atoms with Crippen LogP contribution in [0, 0.1) is 5.92 Å². The summed E-state index contributed by atoms with van der Waals surface area (Å²) in [4.78, 5) is 42.8. The number of anilines is 1. The van der Waals surface area contributed by atoms with E-state index in [1.807, 2.05) is 18.2 Å². The molecule has 0 bridgehead atoms. The molecule has 2 fully saturated rings.